The molecule has 1 amide bonds. The minimum atomic E-state index is -1.04. The van der Waals surface area contributed by atoms with Gasteiger partial charge in [0.15, 0.2) is 0 Å². The Balaban J connectivity index is 2.33. The Morgan fingerprint density at radius 3 is 2.62 bits per heavy atom. The molecule has 2 aromatic rings. The molecule has 0 bridgehead atoms. The number of carbonyl (C=O) groups is 2. The number of aliphatic carboxylic acids is 1. The molecule has 0 saturated carbocycles. The summed E-state index contributed by atoms with van der Waals surface area (Å²) in [5, 5.41) is 9.60. The molecule has 0 aliphatic heterocycles. The largest absolute Gasteiger partial charge is 0.481 e. The Morgan fingerprint density at radius 2 is 2.04 bits per heavy atom. The highest BCUT2D eigenvalue weighted by atomic mass is 35.5. The fourth-order valence-corrected chi connectivity index (χ4v) is 2.73. The number of furan rings is 1. The van der Waals surface area contributed by atoms with E-state index in [9.17, 15) is 9.59 Å². The molecule has 0 fully saturated rings. The Labute approximate surface area is 145 Å². The number of hydrogen-bond acceptors (Lipinski definition) is 3. The molecule has 5 nitrogen and oxygen atoms in total. The highest BCUT2D eigenvalue weighted by molar-refractivity contribution is 6.30. The van der Waals surface area contributed by atoms with Crippen LogP contribution in [0.1, 0.15) is 41.1 Å². The average Bonchev–Trinajstić information content (AvgIpc) is 2.84. The Hall–Kier alpha value is -2.27. The van der Waals surface area contributed by atoms with E-state index in [2.05, 4.69) is 0 Å². The Bertz CT molecular complexity index is 751. The van der Waals surface area contributed by atoms with Crippen LogP contribution in [0.15, 0.2) is 34.9 Å². The summed E-state index contributed by atoms with van der Waals surface area (Å²) in [4.78, 5) is 25.7. The van der Waals surface area contributed by atoms with E-state index in [1.807, 2.05) is 32.0 Å². The van der Waals surface area contributed by atoms with Gasteiger partial charge < -0.3 is 14.4 Å². The highest BCUT2D eigenvalue weighted by Gasteiger charge is 2.26. The summed E-state index contributed by atoms with van der Waals surface area (Å²) >= 11 is 6.01. The van der Waals surface area contributed by atoms with Crippen LogP contribution < -0.4 is 0 Å². The molecule has 128 valence electrons. The third-order valence-corrected chi connectivity index (χ3v) is 3.94. The second kappa shape index (κ2) is 7.53. The van der Waals surface area contributed by atoms with Crippen molar-refractivity contribution in [2.24, 2.45) is 0 Å². The molecule has 0 spiro atoms. The minimum Gasteiger partial charge on any atom is -0.481 e. The van der Waals surface area contributed by atoms with Crippen LogP contribution in [0.3, 0.4) is 0 Å². The lowest BCUT2D eigenvalue weighted by molar-refractivity contribution is -0.136. The second-order valence-corrected chi connectivity index (χ2v) is 6.38. The molecule has 0 unspecified atom stereocenters. The first-order valence-electron chi connectivity index (χ1n) is 7.63. The van der Waals surface area contributed by atoms with Crippen molar-refractivity contribution in [2.75, 3.05) is 0 Å². The minimum absolute atomic E-state index is 0.0662. The second-order valence-electron chi connectivity index (χ2n) is 5.94. The zero-order chi connectivity index (χ0) is 17.9. The van der Waals surface area contributed by atoms with Crippen molar-refractivity contribution in [3.8, 4) is 0 Å². The number of hydrogen-bond donors (Lipinski definition) is 1. The molecular formula is C18H20ClNO4. The van der Waals surface area contributed by atoms with Crippen LogP contribution >= 0.6 is 11.6 Å². The van der Waals surface area contributed by atoms with E-state index < -0.39 is 5.97 Å². The SMILES string of the molecule is Cc1coc(CC(=O)O)c1C(=O)N(Cc1cccc(Cl)c1)C(C)C. The lowest BCUT2D eigenvalue weighted by Gasteiger charge is -2.27. The van der Waals surface area contributed by atoms with E-state index in [-0.39, 0.29) is 24.1 Å². The molecule has 0 aliphatic rings. The predicted octanol–water partition coefficient (Wildman–Crippen LogP) is 3.92. The van der Waals surface area contributed by atoms with E-state index in [4.69, 9.17) is 21.1 Å². The number of halogens is 1. The lowest BCUT2D eigenvalue weighted by Crippen LogP contribution is -2.37. The fraction of sp³-hybridized carbons (Fsp3) is 0.333. The zero-order valence-electron chi connectivity index (χ0n) is 13.9. The van der Waals surface area contributed by atoms with E-state index >= 15 is 0 Å². The van der Waals surface area contributed by atoms with Gasteiger partial charge in [0.1, 0.15) is 12.2 Å². The van der Waals surface area contributed by atoms with E-state index in [0.717, 1.165) is 5.56 Å². The molecule has 1 N–H and O–H groups in total. The molecule has 24 heavy (non-hydrogen) atoms. The van der Waals surface area contributed by atoms with Crippen LogP contribution in [0.2, 0.25) is 5.02 Å². The first-order chi connectivity index (χ1) is 11.3. The van der Waals surface area contributed by atoms with Gasteiger partial charge in [-0.3, -0.25) is 9.59 Å². The van der Waals surface area contributed by atoms with Gasteiger partial charge in [0.05, 0.1) is 11.8 Å². The standard InChI is InChI=1S/C18H20ClNO4/c1-11(2)20(9-13-5-4-6-14(19)7-13)18(23)17-12(3)10-24-15(17)8-16(21)22/h4-7,10-11H,8-9H2,1-3H3,(H,21,22). The van der Waals surface area contributed by atoms with Crippen molar-refractivity contribution >= 4 is 23.5 Å². The molecule has 1 aromatic carbocycles. The van der Waals surface area contributed by atoms with Crippen LogP contribution in [-0.4, -0.2) is 27.9 Å². The molecule has 0 aliphatic carbocycles. The molecule has 2 rings (SSSR count). The van der Waals surface area contributed by atoms with Crippen LogP contribution in [0.5, 0.6) is 0 Å². The van der Waals surface area contributed by atoms with E-state index in [1.165, 1.54) is 6.26 Å². The monoisotopic (exact) mass is 349 g/mol. The maximum Gasteiger partial charge on any atom is 0.311 e. The van der Waals surface area contributed by atoms with Gasteiger partial charge in [0.25, 0.3) is 5.91 Å². The van der Waals surface area contributed by atoms with E-state index in [0.29, 0.717) is 22.7 Å². The van der Waals surface area contributed by atoms with Gasteiger partial charge >= 0.3 is 5.97 Å². The first-order valence-corrected chi connectivity index (χ1v) is 8.01. The fourth-order valence-electron chi connectivity index (χ4n) is 2.52. The number of rotatable bonds is 6. The number of benzene rings is 1. The first kappa shape index (κ1) is 18.1. The van der Waals surface area contributed by atoms with Crippen molar-refractivity contribution in [1.29, 1.82) is 0 Å². The van der Waals surface area contributed by atoms with Gasteiger partial charge in [-0.05, 0) is 38.5 Å². The van der Waals surface area contributed by atoms with E-state index in [1.54, 1.807) is 17.9 Å². The molecule has 1 aromatic heterocycles. The quantitative estimate of drug-likeness (QED) is 0.858. The smallest absolute Gasteiger partial charge is 0.311 e. The topological polar surface area (TPSA) is 70.7 Å². The summed E-state index contributed by atoms with van der Waals surface area (Å²) in [5.74, 6) is -1.10. The van der Waals surface area contributed by atoms with Crippen molar-refractivity contribution in [2.45, 2.75) is 39.8 Å². The van der Waals surface area contributed by atoms with Gasteiger partial charge in [-0.25, -0.2) is 0 Å². The molecule has 6 heteroatoms. The molecule has 0 saturated heterocycles. The summed E-state index contributed by atoms with van der Waals surface area (Å²) < 4.78 is 5.28. The summed E-state index contributed by atoms with van der Waals surface area (Å²) in [6.45, 7) is 5.94. The number of aryl methyl sites for hydroxylation is 1. The van der Waals surface area contributed by atoms with Crippen molar-refractivity contribution in [3.63, 3.8) is 0 Å². The third kappa shape index (κ3) is 4.17. The summed E-state index contributed by atoms with van der Waals surface area (Å²) in [6.07, 6.45) is 1.10. The van der Waals surface area contributed by atoms with Crippen LogP contribution in [-0.2, 0) is 17.8 Å². The van der Waals surface area contributed by atoms with Gasteiger partial charge in [0.2, 0.25) is 0 Å². The van der Waals surface area contributed by atoms with Gasteiger partial charge in [0, 0.05) is 23.2 Å². The molecular weight excluding hydrogens is 330 g/mol. The Morgan fingerprint density at radius 1 is 1.33 bits per heavy atom. The van der Waals surface area contributed by atoms with Crippen molar-refractivity contribution in [1.82, 2.24) is 4.90 Å². The number of carboxylic acids is 1. The van der Waals surface area contributed by atoms with Crippen LogP contribution in [0.25, 0.3) is 0 Å². The number of carbonyl (C=O) groups excluding carboxylic acids is 1. The summed E-state index contributed by atoms with van der Waals surface area (Å²) in [6, 6.07) is 7.25. The van der Waals surface area contributed by atoms with Crippen LogP contribution in [0, 0.1) is 6.92 Å². The lowest BCUT2D eigenvalue weighted by atomic mass is 10.1. The van der Waals surface area contributed by atoms with Gasteiger partial charge in [-0.15, -0.1) is 0 Å². The predicted molar refractivity (Wildman–Crippen MR) is 91.2 cm³/mol. The maximum atomic E-state index is 13.0. The molecule has 0 radical (unpaired) electrons. The number of amides is 1. The van der Waals surface area contributed by atoms with Gasteiger partial charge in [-0.1, -0.05) is 23.7 Å². The summed E-state index contributed by atoms with van der Waals surface area (Å²) in [5.41, 5.74) is 1.87. The highest BCUT2D eigenvalue weighted by Crippen LogP contribution is 2.23. The maximum absolute atomic E-state index is 13.0. The Kier molecular flexibility index (Phi) is 5.67. The molecule has 0 atom stereocenters. The van der Waals surface area contributed by atoms with Crippen LogP contribution in [0.4, 0.5) is 0 Å². The normalized spacial score (nSPS) is 10.9. The van der Waals surface area contributed by atoms with Crippen molar-refractivity contribution < 1.29 is 19.1 Å². The average molecular weight is 350 g/mol. The number of carboxylic acid groups (broad SMARTS) is 1. The third-order valence-electron chi connectivity index (χ3n) is 3.70. The van der Waals surface area contributed by atoms with Gasteiger partial charge in [-0.2, -0.15) is 0 Å². The molecule has 1 heterocycles. The number of nitrogens with zero attached hydrogens (tertiary/aromatic N) is 1. The van der Waals surface area contributed by atoms with Crippen molar-refractivity contribution in [3.05, 3.63) is 58.0 Å². The zero-order valence-corrected chi connectivity index (χ0v) is 14.6. The summed E-state index contributed by atoms with van der Waals surface area (Å²) in [7, 11) is 0.